The van der Waals surface area contributed by atoms with Crippen LogP contribution < -0.4 is 5.32 Å². The fraction of sp³-hybridized carbons (Fsp3) is 0.0588. The molecule has 2 aromatic carbocycles. The van der Waals surface area contributed by atoms with E-state index in [0.717, 1.165) is 18.2 Å². The van der Waals surface area contributed by atoms with E-state index >= 15 is 0 Å². The Kier molecular flexibility index (Phi) is 4.27. The molecule has 0 unspecified atom stereocenters. The summed E-state index contributed by atoms with van der Waals surface area (Å²) in [6.45, 7) is 0. The van der Waals surface area contributed by atoms with Crippen molar-refractivity contribution in [1.29, 1.82) is 0 Å². The lowest BCUT2D eigenvalue weighted by Crippen LogP contribution is -2.12. The molecule has 0 aliphatic rings. The van der Waals surface area contributed by atoms with Crippen LogP contribution in [-0.4, -0.2) is 26.5 Å². The molecular weight excluding hydrogens is 399 g/mol. The van der Waals surface area contributed by atoms with Gasteiger partial charge in [0.25, 0.3) is 5.91 Å². The number of tetrazole rings is 1. The molecule has 1 amide bonds. The number of nitrogens with one attached hydrogen (secondary N) is 2. The number of halogens is 4. The second-order valence-corrected chi connectivity index (χ2v) is 6.15. The topological polar surface area (TPSA) is 96.7 Å². The van der Waals surface area contributed by atoms with Crippen molar-refractivity contribution < 1.29 is 22.4 Å². The second-order valence-electron chi connectivity index (χ2n) is 5.75. The number of nitrogens with zero attached hydrogens (tertiary/aromatic N) is 3. The van der Waals surface area contributed by atoms with Gasteiger partial charge in [-0.25, -0.2) is 0 Å². The number of furan rings is 1. The van der Waals surface area contributed by atoms with Gasteiger partial charge in [0, 0.05) is 16.6 Å². The minimum absolute atomic E-state index is 0.134. The van der Waals surface area contributed by atoms with Crippen molar-refractivity contribution >= 4 is 34.2 Å². The molecular formula is C17H9ClF3N5O2. The molecule has 11 heteroatoms. The summed E-state index contributed by atoms with van der Waals surface area (Å²) in [5, 5.41) is 16.1. The number of hydrogen-bond donors (Lipinski definition) is 2. The number of amides is 1. The maximum absolute atomic E-state index is 12.8. The van der Waals surface area contributed by atoms with Gasteiger partial charge in [0.1, 0.15) is 5.58 Å². The van der Waals surface area contributed by atoms with E-state index in [1.165, 1.54) is 6.07 Å². The smallest absolute Gasteiger partial charge is 0.417 e. The Morgan fingerprint density at radius 3 is 2.64 bits per heavy atom. The van der Waals surface area contributed by atoms with E-state index in [0.29, 0.717) is 16.7 Å². The summed E-state index contributed by atoms with van der Waals surface area (Å²) in [5.41, 5.74) is -0.177. The summed E-state index contributed by atoms with van der Waals surface area (Å²) in [6.07, 6.45) is -4.57. The van der Waals surface area contributed by atoms with E-state index in [1.54, 1.807) is 18.2 Å². The molecule has 0 saturated heterocycles. The Hall–Kier alpha value is -3.40. The molecule has 2 aromatic heterocycles. The lowest BCUT2D eigenvalue weighted by molar-refractivity contribution is -0.137. The van der Waals surface area contributed by atoms with Crippen LogP contribution in [0.15, 0.2) is 46.9 Å². The van der Waals surface area contributed by atoms with E-state index < -0.39 is 22.7 Å². The van der Waals surface area contributed by atoms with E-state index in [4.69, 9.17) is 16.0 Å². The molecule has 2 heterocycles. The first-order valence-corrected chi connectivity index (χ1v) is 8.14. The van der Waals surface area contributed by atoms with Crippen LogP contribution in [0.2, 0.25) is 5.02 Å². The van der Waals surface area contributed by atoms with Crippen molar-refractivity contribution in [3.8, 4) is 11.6 Å². The van der Waals surface area contributed by atoms with Crippen molar-refractivity contribution in [3.63, 3.8) is 0 Å². The number of hydrogen-bond acceptors (Lipinski definition) is 5. The van der Waals surface area contributed by atoms with E-state index in [2.05, 4.69) is 25.9 Å². The minimum Gasteiger partial charge on any atom is -0.453 e. The van der Waals surface area contributed by atoms with E-state index in [9.17, 15) is 18.0 Å². The Morgan fingerprint density at radius 2 is 1.96 bits per heavy atom. The Balaban J connectivity index is 1.58. The lowest BCUT2D eigenvalue weighted by Gasteiger charge is -2.11. The zero-order valence-corrected chi connectivity index (χ0v) is 14.5. The number of carbonyl (C=O) groups is 1. The molecule has 4 aromatic rings. The van der Waals surface area contributed by atoms with E-state index in [-0.39, 0.29) is 17.1 Å². The van der Waals surface area contributed by atoms with Gasteiger partial charge in [-0.2, -0.15) is 18.4 Å². The van der Waals surface area contributed by atoms with Crippen LogP contribution in [0.4, 0.5) is 18.9 Å². The third-order valence-electron chi connectivity index (χ3n) is 3.88. The quantitative estimate of drug-likeness (QED) is 0.520. The van der Waals surface area contributed by atoms with Gasteiger partial charge >= 0.3 is 6.18 Å². The van der Waals surface area contributed by atoms with Crippen molar-refractivity contribution in [3.05, 3.63) is 58.6 Å². The maximum Gasteiger partial charge on any atom is 0.417 e. The first kappa shape index (κ1) is 18.0. The lowest BCUT2D eigenvalue weighted by atomic mass is 10.1. The molecule has 0 bridgehead atoms. The third-order valence-corrected chi connectivity index (χ3v) is 4.19. The van der Waals surface area contributed by atoms with Crippen molar-refractivity contribution in [2.24, 2.45) is 0 Å². The normalized spacial score (nSPS) is 11.7. The third kappa shape index (κ3) is 3.41. The fourth-order valence-corrected chi connectivity index (χ4v) is 2.86. The highest BCUT2D eigenvalue weighted by atomic mass is 35.5. The predicted molar refractivity (Wildman–Crippen MR) is 93.8 cm³/mol. The average Bonchev–Trinajstić information content (AvgIpc) is 3.29. The summed E-state index contributed by atoms with van der Waals surface area (Å²) in [6, 6.07) is 9.40. The number of aromatic nitrogens is 4. The summed E-state index contributed by atoms with van der Waals surface area (Å²) in [5.74, 6) is 0.104. The first-order valence-electron chi connectivity index (χ1n) is 7.77. The van der Waals surface area contributed by atoms with Crippen LogP contribution in [-0.2, 0) is 6.18 Å². The number of H-pyrrole nitrogens is 1. The molecule has 4 rings (SSSR count). The molecule has 7 nitrogen and oxygen atoms in total. The highest BCUT2D eigenvalue weighted by molar-refractivity contribution is 6.31. The van der Waals surface area contributed by atoms with Crippen molar-refractivity contribution in [2.75, 3.05) is 5.32 Å². The summed E-state index contributed by atoms with van der Waals surface area (Å²) >= 11 is 5.67. The standard InChI is InChI=1S/C17H9ClF3N5O2/c18-12-7-10(3-4-11(12)17(19,20)21)22-16(27)9-2-1-8-5-14(28-13(8)6-9)15-23-25-26-24-15/h1-7H,(H,22,27)(H,23,24,25,26). The number of benzene rings is 2. The Morgan fingerprint density at radius 1 is 1.14 bits per heavy atom. The summed E-state index contributed by atoms with van der Waals surface area (Å²) in [4.78, 5) is 12.4. The van der Waals surface area contributed by atoms with Gasteiger partial charge < -0.3 is 9.73 Å². The van der Waals surface area contributed by atoms with Crippen molar-refractivity contribution in [1.82, 2.24) is 20.6 Å². The Bertz CT molecular complexity index is 1170. The van der Waals surface area contributed by atoms with E-state index in [1.807, 2.05) is 0 Å². The molecule has 28 heavy (non-hydrogen) atoms. The molecule has 0 radical (unpaired) electrons. The van der Waals surface area contributed by atoms with Gasteiger partial charge in [-0.05, 0) is 41.6 Å². The predicted octanol–water partition coefficient (Wildman–Crippen LogP) is 4.54. The van der Waals surface area contributed by atoms with Crippen LogP contribution in [0.5, 0.6) is 0 Å². The van der Waals surface area contributed by atoms with Gasteiger partial charge in [0.2, 0.25) is 5.82 Å². The van der Waals surface area contributed by atoms with Crippen LogP contribution in [0, 0.1) is 0 Å². The number of carbonyl (C=O) groups excluding carboxylic acids is 1. The first-order chi connectivity index (χ1) is 13.3. The van der Waals surface area contributed by atoms with Crippen LogP contribution >= 0.6 is 11.6 Å². The highest BCUT2D eigenvalue weighted by Crippen LogP contribution is 2.36. The van der Waals surface area contributed by atoms with Gasteiger partial charge in [-0.3, -0.25) is 4.79 Å². The molecule has 0 saturated carbocycles. The number of alkyl halides is 3. The molecule has 0 atom stereocenters. The molecule has 2 N–H and O–H groups in total. The molecule has 0 fully saturated rings. The van der Waals surface area contributed by atoms with Crippen LogP contribution in [0.3, 0.4) is 0 Å². The summed E-state index contributed by atoms with van der Waals surface area (Å²) in [7, 11) is 0. The molecule has 0 aliphatic heterocycles. The number of fused-ring (bicyclic) bond motifs is 1. The summed E-state index contributed by atoms with van der Waals surface area (Å²) < 4.78 is 43.9. The van der Waals surface area contributed by atoms with Crippen molar-refractivity contribution in [2.45, 2.75) is 6.18 Å². The van der Waals surface area contributed by atoms with Gasteiger partial charge in [0.15, 0.2) is 5.76 Å². The highest BCUT2D eigenvalue weighted by Gasteiger charge is 2.33. The van der Waals surface area contributed by atoms with Crippen LogP contribution in [0.1, 0.15) is 15.9 Å². The zero-order valence-electron chi connectivity index (χ0n) is 13.7. The number of anilines is 1. The average molecular weight is 408 g/mol. The minimum atomic E-state index is -4.57. The molecule has 0 spiro atoms. The Labute approximate surface area is 159 Å². The SMILES string of the molecule is O=C(Nc1ccc(C(F)(F)F)c(Cl)c1)c1ccc2cc(-c3nn[nH]n3)oc2c1. The monoisotopic (exact) mass is 407 g/mol. The number of aromatic amines is 1. The fourth-order valence-electron chi connectivity index (χ4n) is 2.57. The van der Waals surface area contributed by atoms with Gasteiger partial charge in [-0.15, -0.1) is 10.2 Å². The molecule has 0 aliphatic carbocycles. The number of rotatable bonds is 3. The largest absolute Gasteiger partial charge is 0.453 e. The zero-order chi connectivity index (χ0) is 19.9. The molecule has 142 valence electrons. The van der Waals surface area contributed by atoms with Gasteiger partial charge in [-0.1, -0.05) is 17.7 Å². The van der Waals surface area contributed by atoms with Crippen LogP contribution in [0.25, 0.3) is 22.6 Å². The van der Waals surface area contributed by atoms with Gasteiger partial charge in [0.05, 0.1) is 10.6 Å². The maximum atomic E-state index is 12.8. The second kappa shape index (κ2) is 6.64.